The molecule has 0 unspecified atom stereocenters. The highest BCUT2D eigenvalue weighted by Crippen LogP contribution is 1.97. The molecule has 0 atom stereocenters. The molecule has 1 heteroatoms. The van der Waals surface area contributed by atoms with Gasteiger partial charge in [-0.2, -0.15) is 0 Å². The summed E-state index contributed by atoms with van der Waals surface area (Å²) in [5.74, 6) is 2.48. The largest absolute Gasteiger partial charge is 0.461 e. The molecule has 0 aromatic carbocycles. The zero-order valence-corrected chi connectivity index (χ0v) is 4.35. The van der Waals surface area contributed by atoms with Crippen LogP contribution in [0.25, 0.3) is 0 Å². The van der Waals surface area contributed by atoms with Gasteiger partial charge in [0.15, 0.2) is 6.26 Å². The lowest BCUT2D eigenvalue weighted by atomic mass is 10.3. The number of furan rings is 1. The van der Waals surface area contributed by atoms with Crippen molar-refractivity contribution < 1.29 is 4.42 Å². The van der Waals surface area contributed by atoms with Crippen LogP contribution in [0, 0.1) is 18.6 Å². The monoisotopic (exact) mass is 105 g/mol. The number of terminal acetylenes is 1. The molecule has 1 heterocycles. The highest BCUT2D eigenvalue weighted by Gasteiger charge is 1.87. The molecule has 8 heavy (non-hydrogen) atoms. The van der Waals surface area contributed by atoms with Gasteiger partial charge < -0.3 is 4.42 Å². The number of hydrogen-bond acceptors (Lipinski definition) is 1. The van der Waals surface area contributed by atoms with E-state index >= 15 is 0 Å². The van der Waals surface area contributed by atoms with Crippen molar-refractivity contribution >= 4 is 0 Å². The SMILES string of the molecule is C#CCc1[c]occ1. The van der Waals surface area contributed by atoms with Crippen LogP contribution in [0.5, 0.6) is 0 Å². The molecular weight excluding hydrogens is 100 g/mol. The first-order valence-corrected chi connectivity index (χ1v) is 2.31. The number of rotatable bonds is 1. The van der Waals surface area contributed by atoms with Gasteiger partial charge in [0.05, 0.1) is 6.26 Å². The molecule has 0 N–H and O–H groups in total. The third-order valence-electron chi connectivity index (χ3n) is 0.820. The first kappa shape index (κ1) is 4.99. The Morgan fingerprint density at radius 2 is 2.75 bits per heavy atom. The van der Waals surface area contributed by atoms with E-state index in [1.54, 1.807) is 12.3 Å². The molecule has 0 spiro atoms. The van der Waals surface area contributed by atoms with Crippen LogP contribution in [-0.4, -0.2) is 0 Å². The standard InChI is InChI=1S/C7H5O/c1-2-3-7-4-5-8-6-7/h1,4-5H,3H2. The molecule has 0 aliphatic rings. The number of hydrogen-bond donors (Lipinski definition) is 0. The van der Waals surface area contributed by atoms with Gasteiger partial charge in [-0.1, -0.05) is 0 Å². The van der Waals surface area contributed by atoms with Crippen LogP contribution in [0.4, 0.5) is 0 Å². The van der Waals surface area contributed by atoms with Gasteiger partial charge in [0.1, 0.15) is 0 Å². The van der Waals surface area contributed by atoms with E-state index in [-0.39, 0.29) is 0 Å². The van der Waals surface area contributed by atoms with Crippen LogP contribution >= 0.6 is 0 Å². The zero-order valence-electron chi connectivity index (χ0n) is 4.35. The second kappa shape index (κ2) is 2.23. The summed E-state index contributed by atoms with van der Waals surface area (Å²) in [6, 6.07) is 1.81. The van der Waals surface area contributed by atoms with Gasteiger partial charge in [-0.25, -0.2) is 0 Å². The van der Waals surface area contributed by atoms with Crippen LogP contribution < -0.4 is 0 Å². The molecule has 39 valence electrons. The van der Waals surface area contributed by atoms with Crippen LogP contribution in [0.3, 0.4) is 0 Å². The summed E-state index contributed by atoms with van der Waals surface area (Å²) in [5, 5.41) is 0. The van der Waals surface area contributed by atoms with E-state index in [1.807, 2.05) is 0 Å². The Balaban J connectivity index is 2.67. The minimum absolute atomic E-state index is 0.608. The van der Waals surface area contributed by atoms with Gasteiger partial charge in [-0.05, 0) is 6.07 Å². The molecule has 1 radical (unpaired) electrons. The summed E-state index contributed by atoms with van der Waals surface area (Å²) in [6.07, 6.45) is 9.80. The summed E-state index contributed by atoms with van der Waals surface area (Å²) in [6.45, 7) is 0. The molecule has 1 aromatic heterocycles. The van der Waals surface area contributed by atoms with Crippen molar-refractivity contribution in [1.29, 1.82) is 0 Å². The molecule has 1 nitrogen and oxygen atoms in total. The van der Waals surface area contributed by atoms with Crippen LogP contribution in [0.15, 0.2) is 16.7 Å². The molecular formula is C7H5O. The maximum absolute atomic E-state index is 5.01. The van der Waals surface area contributed by atoms with E-state index in [0.29, 0.717) is 6.42 Å². The van der Waals surface area contributed by atoms with E-state index in [1.165, 1.54) is 0 Å². The van der Waals surface area contributed by atoms with Gasteiger partial charge >= 0.3 is 0 Å². The molecule has 0 aliphatic heterocycles. The van der Waals surface area contributed by atoms with Gasteiger partial charge in [-0.15, -0.1) is 12.3 Å². The predicted molar refractivity (Wildman–Crippen MR) is 30.1 cm³/mol. The third-order valence-corrected chi connectivity index (χ3v) is 0.820. The Morgan fingerprint density at radius 3 is 3.25 bits per heavy atom. The highest BCUT2D eigenvalue weighted by atomic mass is 16.3. The Hall–Kier alpha value is -1.16. The Bertz CT molecular complexity index is 179. The molecule has 1 aromatic rings. The zero-order chi connectivity index (χ0) is 5.82. The molecule has 0 saturated heterocycles. The third kappa shape index (κ3) is 0.913. The molecule has 0 saturated carbocycles. The second-order valence-electron chi connectivity index (χ2n) is 1.43. The summed E-state index contributed by atoms with van der Waals surface area (Å²) >= 11 is 0. The minimum atomic E-state index is 0.608. The Labute approximate surface area is 48.3 Å². The average Bonchev–Trinajstić information content (AvgIpc) is 2.19. The summed E-state index contributed by atoms with van der Waals surface area (Å²) in [7, 11) is 0. The van der Waals surface area contributed by atoms with Crippen molar-refractivity contribution in [3.05, 3.63) is 24.2 Å². The highest BCUT2D eigenvalue weighted by molar-refractivity contribution is 5.11. The van der Waals surface area contributed by atoms with Gasteiger partial charge in [0, 0.05) is 12.0 Å². The molecule has 0 aliphatic carbocycles. The van der Waals surface area contributed by atoms with E-state index in [0.717, 1.165) is 5.56 Å². The minimum Gasteiger partial charge on any atom is -0.461 e. The van der Waals surface area contributed by atoms with Crippen LogP contribution in [-0.2, 0) is 6.42 Å². The van der Waals surface area contributed by atoms with Crippen molar-refractivity contribution in [2.24, 2.45) is 0 Å². The van der Waals surface area contributed by atoms with Crippen molar-refractivity contribution in [3.63, 3.8) is 0 Å². The predicted octanol–water partition coefficient (Wildman–Crippen LogP) is 1.26. The van der Waals surface area contributed by atoms with Gasteiger partial charge in [-0.3, -0.25) is 0 Å². The first-order valence-electron chi connectivity index (χ1n) is 2.31. The molecule has 0 bridgehead atoms. The van der Waals surface area contributed by atoms with Crippen molar-refractivity contribution in [3.8, 4) is 12.3 Å². The second-order valence-corrected chi connectivity index (χ2v) is 1.43. The van der Waals surface area contributed by atoms with Crippen LogP contribution in [0.2, 0.25) is 0 Å². The van der Waals surface area contributed by atoms with E-state index < -0.39 is 0 Å². The summed E-state index contributed by atoms with van der Waals surface area (Å²) < 4.78 is 4.65. The lowest BCUT2D eigenvalue weighted by Gasteiger charge is -1.76. The Morgan fingerprint density at radius 1 is 1.88 bits per heavy atom. The lowest BCUT2D eigenvalue weighted by molar-refractivity contribution is 0.555. The van der Waals surface area contributed by atoms with Crippen molar-refractivity contribution in [2.45, 2.75) is 6.42 Å². The normalized spacial score (nSPS) is 8.38. The maximum atomic E-state index is 5.01. The smallest absolute Gasteiger partial charge is 0.173 e. The van der Waals surface area contributed by atoms with Gasteiger partial charge in [0.2, 0.25) is 0 Å². The van der Waals surface area contributed by atoms with Crippen molar-refractivity contribution in [2.75, 3.05) is 0 Å². The molecule has 1 rings (SSSR count). The fraction of sp³-hybridized carbons (Fsp3) is 0.143. The lowest BCUT2D eigenvalue weighted by Crippen LogP contribution is -1.71. The molecule has 0 fully saturated rings. The quantitative estimate of drug-likeness (QED) is 0.490. The molecule has 0 amide bonds. The van der Waals surface area contributed by atoms with Gasteiger partial charge in [0.25, 0.3) is 0 Å². The Kier molecular flexibility index (Phi) is 1.39. The topological polar surface area (TPSA) is 13.1 Å². The van der Waals surface area contributed by atoms with E-state index in [4.69, 9.17) is 6.42 Å². The van der Waals surface area contributed by atoms with E-state index in [2.05, 4.69) is 16.6 Å². The van der Waals surface area contributed by atoms with Crippen molar-refractivity contribution in [1.82, 2.24) is 0 Å². The van der Waals surface area contributed by atoms with E-state index in [9.17, 15) is 0 Å². The fourth-order valence-electron chi connectivity index (χ4n) is 0.465. The van der Waals surface area contributed by atoms with Crippen LogP contribution in [0.1, 0.15) is 5.56 Å². The maximum Gasteiger partial charge on any atom is 0.173 e. The average molecular weight is 105 g/mol. The summed E-state index contributed by atoms with van der Waals surface area (Å²) in [5.41, 5.74) is 0.938. The first-order chi connectivity index (χ1) is 3.93. The summed E-state index contributed by atoms with van der Waals surface area (Å²) in [4.78, 5) is 0. The fourth-order valence-corrected chi connectivity index (χ4v) is 0.465.